The summed E-state index contributed by atoms with van der Waals surface area (Å²) in [4.78, 5) is 26.9. The Morgan fingerprint density at radius 1 is 1.11 bits per heavy atom. The average molecular weight is 395 g/mol. The molecule has 0 saturated carbocycles. The van der Waals surface area contributed by atoms with Gasteiger partial charge in [-0.05, 0) is 38.1 Å². The standard InChI is InChI=1S/C18H25N3O5S/c1-26-18(23)16-13-20(27(24,25)15-5-3-2-4-6-15)11-12-21(16)17(22)14-7-9-19-10-8-14/h2-6,14,16,19H,7-13H2,1H3/t16-/m1/s1. The van der Waals surface area contributed by atoms with Crippen molar-refractivity contribution in [2.24, 2.45) is 5.92 Å². The molecule has 1 atom stereocenters. The Bertz CT molecular complexity index is 777. The first-order chi connectivity index (χ1) is 12.9. The molecule has 0 bridgehead atoms. The van der Waals surface area contributed by atoms with Gasteiger partial charge in [0.2, 0.25) is 15.9 Å². The highest BCUT2D eigenvalue weighted by molar-refractivity contribution is 7.89. The number of sulfonamides is 1. The maximum atomic E-state index is 12.9. The minimum absolute atomic E-state index is 0.0938. The van der Waals surface area contributed by atoms with Crippen molar-refractivity contribution in [2.75, 3.05) is 39.8 Å². The highest BCUT2D eigenvalue weighted by Crippen LogP contribution is 2.24. The fraction of sp³-hybridized carbons (Fsp3) is 0.556. The summed E-state index contributed by atoms with van der Waals surface area (Å²) in [5, 5.41) is 3.21. The van der Waals surface area contributed by atoms with Gasteiger partial charge >= 0.3 is 5.97 Å². The lowest BCUT2D eigenvalue weighted by atomic mass is 9.95. The second kappa shape index (κ2) is 8.37. The molecule has 2 aliphatic rings. The van der Waals surface area contributed by atoms with Gasteiger partial charge in [-0.25, -0.2) is 13.2 Å². The summed E-state index contributed by atoms with van der Waals surface area (Å²) in [6.07, 6.45) is 1.44. The number of carbonyl (C=O) groups is 2. The van der Waals surface area contributed by atoms with E-state index in [-0.39, 0.29) is 36.4 Å². The fourth-order valence-electron chi connectivity index (χ4n) is 3.62. The molecule has 3 rings (SSSR count). The Morgan fingerprint density at radius 3 is 2.41 bits per heavy atom. The number of ether oxygens (including phenoxy) is 1. The predicted octanol–water partition coefficient (Wildman–Crippen LogP) is 0.0607. The van der Waals surface area contributed by atoms with E-state index in [1.807, 2.05) is 0 Å². The SMILES string of the molecule is COC(=O)[C@H]1CN(S(=O)(=O)c2ccccc2)CCN1C(=O)C1CCNCC1. The van der Waals surface area contributed by atoms with Crippen LogP contribution in [-0.2, 0) is 24.3 Å². The first-order valence-electron chi connectivity index (χ1n) is 9.09. The van der Waals surface area contributed by atoms with Crippen molar-refractivity contribution in [1.82, 2.24) is 14.5 Å². The molecule has 9 heteroatoms. The molecule has 2 fully saturated rings. The zero-order valence-corrected chi connectivity index (χ0v) is 16.2. The van der Waals surface area contributed by atoms with E-state index in [1.54, 1.807) is 18.2 Å². The molecule has 2 heterocycles. The Balaban J connectivity index is 1.80. The maximum absolute atomic E-state index is 12.9. The molecule has 0 aliphatic carbocycles. The number of piperidine rings is 1. The molecular weight excluding hydrogens is 370 g/mol. The second-order valence-corrected chi connectivity index (χ2v) is 8.71. The van der Waals surface area contributed by atoms with E-state index in [1.165, 1.54) is 28.4 Å². The monoisotopic (exact) mass is 395 g/mol. The number of benzene rings is 1. The molecule has 0 radical (unpaired) electrons. The minimum Gasteiger partial charge on any atom is -0.467 e. The largest absolute Gasteiger partial charge is 0.467 e. The lowest BCUT2D eigenvalue weighted by Gasteiger charge is -2.41. The number of rotatable bonds is 4. The van der Waals surface area contributed by atoms with E-state index < -0.39 is 22.0 Å². The summed E-state index contributed by atoms with van der Waals surface area (Å²) in [6, 6.07) is 7.17. The van der Waals surface area contributed by atoms with Crippen molar-refractivity contribution < 1.29 is 22.7 Å². The Labute approximate surface area is 159 Å². The Hall–Kier alpha value is -1.97. The quantitative estimate of drug-likeness (QED) is 0.725. The number of carbonyl (C=O) groups excluding carboxylic acids is 2. The van der Waals surface area contributed by atoms with Gasteiger partial charge in [-0.1, -0.05) is 18.2 Å². The maximum Gasteiger partial charge on any atom is 0.329 e. The van der Waals surface area contributed by atoms with Gasteiger partial charge in [0.1, 0.15) is 6.04 Å². The van der Waals surface area contributed by atoms with Gasteiger partial charge in [-0.15, -0.1) is 0 Å². The Kier molecular flexibility index (Phi) is 6.13. The highest BCUT2D eigenvalue weighted by atomic mass is 32.2. The van der Waals surface area contributed by atoms with E-state index in [4.69, 9.17) is 4.74 Å². The number of piperazine rings is 1. The normalized spacial score (nSPS) is 22.4. The molecule has 1 amide bonds. The molecule has 2 saturated heterocycles. The van der Waals surface area contributed by atoms with Crippen LogP contribution in [-0.4, -0.2) is 75.4 Å². The topological polar surface area (TPSA) is 96.0 Å². The van der Waals surface area contributed by atoms with E-state index in [2.05, 4.69) is 5.32 Å². The van der Waals surface area contributed by atoms with Crippen LogP contribution in [0.1, 0.15) is 12.8 Å². The smallest absolute Gasteiger partial charge is 0.329 e. The molecule has 8 nitrogen and oxygen atoms in total. The summed E-state index contributed by atoms with van der Waals surface area (Å²) in [6.45, 7) is 1.76. The molecule has 1 aromatic carbocycles. The summed E-state index contributed by atoms with van der Waals surface area (Å²) < 4.78 is 31.9. The van der Waals surface area contributed by atoms with Crippen LogP contribution in [0.15, 0.2) is 35.2 Å². The first kappa shape index (κ1) is 19.8. The number of nitrogens with zero attached hydrogens (tertiary/aromatic N) is 2. The highest BCUT2D eigenvalue weighted by Gasteiger charge is 2.42. The average Bonchev–Trinajstić information content (AvgIpc) is 2.73. The van der Waals surface area contributed by atoms with Crippen molar-refractivity contribution in [3.63, 3.8) is 0 Å². The van der Waals surface area contributed by atoms with E-state index in [0.29, 0.717) is 0 Å². The van der Waals surface area contributed by atoms with E-state index >= 15 is 0 Å². The van der Waals surface area contributed by atoms with Gasteiger partial charge in [-0.3, -0.25) is 4.79 Å². The number of hydrogen-bond acceptors (Lipinski definition) is 6. The van der Waals surface area contributed by atoms with Crippen LogP contribution in [0.5, 0.6) is 0 Å². The molecule has 27 heavy (non-hydrogen) atoms. The summed E-state index contributed by atoms with van der Waals surface area (Å²) in [7, 11) is -2.48. The van der Waals surface area contributed by atoms with Crippen molar-refractivity contribution in [3.8, 4) is 0 Å². The van der Waals surface area contributed by atoms with Crippen LogP contribution in [0, 0.1) is 5.92 Å². The van der Waals surface area contributed by atoms with Gasteiger partial charge < -0.3 is 15.0 Å². The number of amides is 1. The molecule has 0 aromatic heterocycles. The third-order valence-electron chi connectivity index (χ3n) is 5.17. The van der Waals surface area contributed by atoms with Gasteiger partial charge in [0, 0.05) is 25.6 Å². The van der Waals surface area contributed by atoms with Crippen LogP contribution in [0.4, 0.5) is 0 Å². The molecule has 1 aromatic rings. The summed E-state index contributed by atoms with van der Waals surface area (Å²) in [5.74, 6) is -0.829. The third-order valence-corrected chi connectivity index (χ3v) is 7.05. The van der Waals surface area contributed by atoms with Crippen LogP contribution in [0.2, 0.25) is 0 Å². The summed E-state index contributed by atoms with van der Waals surface area (Å²) in [5.41, 5.74) is 0. The lowest BCUT2D eigenvalue weighted by molar-refractivity contribution is -0.157. The molecule has 0 spiro atoms. The second-order valence-electron chi connectivity index (χ2n) is 6.77. The van der Waals surface area contributed by atoms with Crippen molar-refractivity contribution in [1.29, 1.82) is 0 Å². The van der Waals surface area contributed by atoms with Crippen LogP contribution in [0.25, 0.3) is 0 Å². The minimum atomic E-state index is -3.73. The number of hydrogen-bond donors (Lipinski definition) is 1. The van der Waals surface area contributed by atoms with Crippen molar-refractivity contribution in [3.05, 3.63) is 30.3 Å². The van der Waals surface area contributed by atoms with Crippen LogP contribution >= 0.6 is 0 Å². The first-order valence-corrected chi connectivity index (χ1v) is 10.5. The number of methoxy groups -OCH3 is 1. The third kappa shape index (κ3) is 4.15. The molecule has 148 valence electrons. The van der Waals surface area contributed by atoms with Gasteiger partial charge in [0.25, 0.3) is 0 Å². The predicted molar refractivity (Wildman–Crippen MR) is 98.3 cm³/mol. The van der Waals surface area contributed by atoms with Crippen LogP contribution < -0.4 is 5.32 Å². The van der Waals surface area contributed by atoms with Crippen molar-refractivity contribution >= 4 is 21.9 Å². The van der Waals surface area contributed by atoms with Gasteiger partial charge in [0.15, 0.2) is 0 Å². The molecule has 0 unspecified atom stereocenters. The number of esters is 1. The van der Waals surface area contributed by atoms with Crippen LogP contribution in [0.3, 0.4) is 0 Å². The molecule has 1 N–H and O–H groups in total. The van der Waals surface area contributed by atoms with E-state index in [0.717, 1.165) is 25.9 Å². The zero-order valence-electron chi connectivity index (χ0n) is 15.3. The van der Waals surface area contributed by atoms with Gasteiger partial charge in [-0.2, -0.15) is 4.31 Å². The van der Waals surface area contributed by atoms with Crippen molar-refractivity contribution in [2.45, 2.75) is 23.8 Å². The Morgan fingerprint density at radius 2 is 1.78 bits per heavy atom. The van der Waals surface area contributed by atoms with Gasteiger partial charge in [0.05, 0.1) is 12.0 Å². The number of nitrogens with one attached hydrogen (secondary N) is 1. The fourth-order valence-corrected chi connectivity index (χ4v) is 5.08. The lowest BCUT2D eigenvalue weighted by Crippen LogP contribution is -2.60. The van der Waals surface area contributed by atoms with E-state index in [9.17, 15) is 18.0 Å². The zero-order chi connectivity index (χ0) is 19.4. The molecule has 2 aliphatic heterocycles. The molecular formula is C18H25N3O5S. The summed E-state index contributed by atoms with van der Waals surface area (Å²) >= 11 is 0.